The van der Waals surface area contributed by atoms with Gasteiger partial charge in [0, 0.05) is 5.38 Å². The van der Waals surface area contributed by atoms with Crippen molar-refractivity contribution in [2.45, 2.75) is 51.8 Å². The molecule has 0 fully saturated rings. The molecular weight excluding hydrogens is 232 g/mol. The average molecular weight is 255 g/mol. The Morgan fingerprint density at radius 2 is 1.94 bits per heavy atom. The Labute approximate surface area is 110 Å². The zero-order chi connectivity index (χ0) is 12.8. The van der Waals surface area contributed by atoms with Gasteiger partial charge in [0.15, 0.2) is 0 Å². The second-order valence-corrected chi connectivity index (χ2v) is 5.30. The molecular formula is C15H23ClO. The molecule has 0 aliphatic heterocycles. The number of alkyl halides is 1. The number of benzene rings is 1. The second kappa shape index (κ2) is 6.90. The minimum absolute atomic E-state index is 0.283. The summed E-state index contributed by atoms with van der Waals surface area (Å²) < 4.78 is 5.46. The molecule has 1 aromatic carbocycles. The fraction of sp³-hybridized carbons (Fsp3) is 0.600. The van der Waals surface area contributed by atoms with Crippen LogP contribution in [-0.4, -0.2) is 12.5 Å². The normalized spacial score (nSPS) is 12.5. The van der Waals surface area contributed by atoms with Gasteiger partial charge in [-0.3, -0.25) is 0 Å². The summed E-state index contributed by atoms with van der Waals surface area (Å²) in [6.45, 7) is 6.42. The Balaban J connectivity index is 2.76. The summed E-state index contributed by atoms with van der Waals surface area (Å²) in [6, 6.07) is 4.31. The standard InChI is InChI=1S/C15H23ClO/c1-5-6-13(16)7-8-14-12(3)9-11(2)10-15(14)17-4/h9-10,13H,5-8H2,1-4H3. The first-order chi connectivity index (χ1) is 8.08. The van der Waals surface area contributed by atoms with Crippen LogP contribution in [0.15, 0.2) is 12.1 Å². The molecule has 0 aliphatic carbocycles. The lowest BCUT2D eigenvalue weighted by atomic mass is 9.98. The number of hydrogen-bond donors (Lipinski definition) is 0. The van der Waals surface area contributed by atoms with Crippen molar-refractivity contribution >= 4 is 11.6 Å². The van der Waals surface area contributed by atoms with Crippen LogP contribution >= 0.6 is 11.6 Å². The van der Waals surface area contributed by atoms with Gasteiger partial charge in [-0.15, -0.1) is 11.6 Å². The summed E-state index contributed by atoms with van der Waals surface area (Å²) in [7, 11) is 1.74. The van der Waals surface area contributed by atoms with Crippen molar-refractivity contribution in [3.63, 3.8) is 0 Å². The van der Waals surface area contributed by atoms with Crippen LogP contribution in [0.1, 0.15) is 42.9 Å². The van der Waals surface area contributed by atoms with Crippen LogP contribution in [0.3, 0.4) is 0 Å². The second-order valence-electron chi connectivity index (χ2n) is 4.69. The topological polar surface area (TPSA) is 9.23 Å². The monoisotopic (exact) mass is 254 g/mol. The predicted octanol–water partition coefficient (Wildman–Crippen LogP) is 4.65. The first-order valence-electron chi connectivity index (χ1n) is 6.36. The van der Waals surface area contributed by atoms with Gasteiger partial charge in [0.25, 0.3) is 0 Å². The van der Waals surface area contributed by atoms with Gasteiger partial charge in [-0.2, -0.15) is 0 Å². The fourth-order valence-corrected chi connectivity index (χ4v) is 2.55. The SMILES string of the molecule is CCCC(Cl)CCc1c(C)cc(C)cc1OC. The predicted molar refractivity (Wildman–Crippen MR) is 75.3 cm³/mol. The third-order valence-corrected chi connectivity index (χ3v) is 3.54. The van der Waals surface area contributed by atoms with E-state index >= 15 is 0 Å². The molecule has 0 aromatic heterocycles. The molecule has 0 bridgehead atoms. The quantitative estimate of drug-likeness (QED) is 0.672. The lowest BCUT2D eigenvalue weighted by molar-refractivity contribution is 0.408. The number of rotatable bonds is 6. The number of aryl methyl sites for hydroxylation is 2. The molecule has 0 aliphatic rings. The lowest BCUT2D eigenvalue weighted by Gasteiger charge is -2.14. The molecule has 0 saturated heterocycles. The van der Waals surface area contributed by atoms with E-state index in [1.54, 1.807) is 7.11 Å². The van der Waals surface area contributed by atoms with Crippen LogP contribution in [0.2, 0.25) is 0 Å². The smallest absolute Gasteiger partial charge is 0.122 e. The first-order valence-corrected chi connectivity index (χ1v) is 6.80. The van der Waals surface area contributed by atoms with Gasteiger partial charge in [0.1, 0.15) is 5.75 Å². The highest BCUT2D eigenvalue weighted by molar-refractivity contribution is 6.20. The Kier molecular flexibility index (Phi) is 5.84. The molecule has 0 spiro atoms. The van der Waals surface area contributed by atoms with Crippen LogP contribution in [0.5, 0.6) is 5.75 Å². The van der Waals surface area contributed by atoms with Crippen molar-refractivity contribution in [2.24, 2.45) is 0 Å². The molecule has 1 unspecified atom stereocenters. The molecule has 1 rings (SSSR count). The van der Waals surface area contributed by atoms with Crippen molar-refractivity contribution in [1.29, 1.82) is 0 Å². The van der Waals surface area contributed by atoms with Gasteiger partial charge in [0.05, 0.1) is 7.11 Å². The Morgan fingerprint density at radius 1 is 1.24 bits per heavy atom. The summed E-state index contributed by atoms with van der Waals surface area (Å²) in [5.74, 6) is 1.00. The molecule has 96 valence electrons. The van der Waals surface area contributed by atoms with Crippen LogP contribution in [0.25, 0.3) is 0 Å². The lowest BCUT2D eigenvalue weighted by Crippen LogP contribution is -2.03. The third-order valence-electron chi connectivity index (χ3n) is 3.11. The zero-order valence-electron chi connectivity index (χ0n) is 11.3. The van der Waals surface area contributed by atoms with Gasteiger partial charge in [-0.25, -0.2) is 0 Å². The van der Waals surface area contributed by atoms with Crippen molar-refractivity contribution in [1.82, 2.24) is 0 Å². The molecule has 0 radical (unpaired) electrons. The number of halogens is 1. The average Bonchev–Trinajstić information content (AvgIpc) is 2.27. The van der Waals surface area contributed by atoms with Gasteiger partial charge < -0.3 is 4.74 Å². The summed E-state index contributed by atoms with van der Waals surface area (Å²) in [5.41, 5.74) is 3.86. The van der Waals surface area contributed by atoms with Crippen LogP contribution in [0.4, 0.5) is 0 Å². The molecule has 2 heteroatoms. The molecule has 1 aromatic rings. The summed E-state index contributed by atoms with van der Waals surface area (Å²) in [6.07, 6.45) is 4.27. The minimum atomic E-state index is 0.283. The van der Waals surface area contributed by atoms with Crippen LogP contribution < -0.4 is 4.74 Å². The maximum Gasteiger partial charge on any atom is 0.122 e. The summed E-state index contributed by atoms with van der Waals surface area (Å²) in [4.78, 5) is 0. The van der Waals surface area contributed by atoms with Gasteiger partial charge in [0.2, 0.25) is 0 Å². The number of hydrogen-bond acceptors (Lipinski definition) is 1. The van der Waals surface area contributed by atoms with Crippen molar-refractivity contribution < 1.29 is 4.74 Å². The molecule has 0 amide bonds. The van der Waals surface area contributed by atoms with E-state index in [4.69, 9.17) is 16.3 Å². The van der Waals surface area contributed by atoms with Crippen molar-refractivity contribution in [2.75, 3.05) is 7.11 Å². The van der Waals surface area contributed by atoms with E-state index in [0.29, 0.717) is 0 Å². The Morgan fingerprint density at radius 3 is 2.53 bits per heavy atom. The van der Waals surface area contributed by atoms with E-state index in [1.807, 2.05) is 0 Å². The highest BCUT2D eigenvalue weighted by Gasteiger charge is 2.10. The molecule has 17 heavy (non-hydrogen) atoms. The van der Waals surface area contributed by atoms with E-state index in [2.05, 4.69) is 32.9 Å². The number of ether oxygens (including phenoxy) is 1. The molecule has 1 atom stereocenters. The van der Waals surface area contributed by atoms with Crippen LogP contribution in [0, 0.1) is 13.8 Å². The van der Waals surface area contributed by atoms with Crippen molar-refractivity contribution in [3.8, 4) is 5.75 Å². The summed E-state index contributed by atoms with van der Waals surface area (Å²) in [5, 5.41) is 0.283. The van der Waals surface area contributed by atoms with E-state index in [9.17, 15) is 0 Å². The van der Waals surface area contributed by atoms with Gasteiger partial charge in [-0.1, -0.05) is 19.4 Å². The molecule has 0 saturated carbocycles. The van der Waals surface area contributed by atoms with E-state index in [0.717, 1.165) is 31.4 Å². The summed E-state index contributed by atoms with van der Waals surface area (Å²) >= 11 is 6.27. The van der Waals surface area contributed by atoms with E-state index in [-0.39, 0.29) is 5.38 Å². The highest BCUT2D eigenvalue weighted by Crippen LogP contribution is 2.27. The first kappa shape index (κ1) is 14.4. The van der Waals surface area contributed by atoms with Crippen LogP contribution in [-0.2, 0) is 6.42 Å². The van der Waals surface area contributed by atoms with Gasteiger partial charge >= 0.3 is 0 Å². The maximum atomic E-state index is 6.27. The maximum absolute atomic E-state index is 6.27. The highest BCUT2D eigenvalue weighted by atomic mass is 35.5. The third kappa shape index (κ3) is 4.23. The Bertz CT molecular complexity index is 360. The minimum Gasteiger partial charge on any atom is -0.496 e. The van der Waals surface area contributed by atoms with E-state index in [1.165, 1.54) is 16.7 Å². The number of methoxy groups -OCH3 is 1. The molecule has 0 N–H and O–H groups in total. The van der Waals surface area contributed by atoms with Gasteiger partial charge in [-0.05, 0) is 55.9 Å². The van der Waals surface area contributed by atoms with Crippen molar-refractivity contribution in [3.05, 3.63) is 28.8 Å². The Hall–Kier alpha value is -0.690. The largest absolute Gasteiger partial charge is 0.496 e. The molecule has 1 nitrogen and oxygen atoms in total. The fourth-order valence-electron chi connectivity index (χ4n) is 2.22. The zero-order valence-corrected chi connectivity index (χ0v) is 12.1. The molecule has 0 heterocycles. The van der Waals surface area contributed by atoms with E-state index < -0.39 is 0 Å².